The van der Waals surface area contributed by atoms with E-state index < -0.39 is 10.8 Å². The number of hydrogen-bond acceptors (Lipinski definition) is 6. The zero-order chi connectivity index (χ0) is 14.7. The SMILES string of the molecule is CC1CN(C(=O)c2cc(N)ncc2[N+](=O)[O-])CCCO1. The predicted octanol–water partition coefficient (Wildman–Crippen LogP) is 0.823. The molecule has 1 amide bonds. The van der Waals surface area contributed by atoms with Crippen LogP contribution in [0.3, 0.4) is 0 Å². The minimum absolute atomic E-state index is 0.0309. The third-order valence-corrected chi connectivity index (χ3v) is 3.07. The number of pyridine rings is 1. The van der Waals surface area contributed by atoms with Crippen LogP contribution in [0.15, 0.2) is 12.3 Å². The molecule has 20 heavy (non-hydrogen) atoms. The molecule has 0 bridgehead atoms. The minimum atomic E-state index is -0.628. The molecule has 1 saturated heterocycles. The quantitative estimate of drug-likeness (QED) is 0.634. The van der Waals surface area contributed by atoms with E-state index in [1.54, 1.807) is 4.90 Å². The lowest BCUT2D eigenvalue weighted by atomic mass is 10.2. The lowest BCUT2D eigenvalue weighted by Gasteiger charge is -2.22. The molecular formula is C12H16N4O4. The Morgan fingerprint density at radius 1 is 1.65 bits per heavy atom. The van der Waals surface area contributed by atoms with Crippen LogP contribution in [-0.4, -0.2) is 46.5 Å². The van der Waals surface area contributed by atoms with Crippen molar-refractivity contribution in [2.45, 2.75) is 19.4 Å². The highest BCUT2D eigenvalue weighted by Gasteiger charge is 2.27. The van der Waals surface area contributed by atoms with Gasteiger partial charge in [-0.05, 0) is 19.4 Å². The van der Waals surface area contributed by atoms with Crippen LogP contribution in [0.1, 0.15) is 23.7 Å². The smallest absolute Gasteiger partial charge is 0.300 e. The number of ether oxygens (including phenoxy) is 1. The van der Waals surface area contributed by atoms with Crippen LogP contribution >= 0.6 is 0 Å². The molecule has 1 aliphatic heterocycles. The maximum atomic E-state index is 12.5. The number of carbonyl (C=O) groups excluding carboxylic acids is 1. The van der Waals surface area contributed by atoms with E-state index >= 15 is 0 Å². The molecule has 0 radical (unpaired) electrons. The van der Waals surface area contributed by atoms with Crippen molar-refractivity contribution in [3.8, 4) is 0 Å². The number of nitrogens with zero attached hydrogens (tertiary/aromatic N) is 3. The number of nitrogens with two attached hydrogens (primary N) is 1. The number of carbonyl (C=O) groups is 1. The highest BCUT2D eigenvalue weighted by Crippen LogP contribution is 2.22. The summed E-state index contributed by atoms with van der Waals surface area (Å²) in [6.07, 6.45) is 1.62. The van der Waals surface area contributed by atoms with Crippen molar-refractivity contribution in [2.75, 3.05) is 25.4 Å². The largest absolute Gasteiger partial charge is 0.384 e. The topological polar surface area (TPSA) is 112 Å². The van der Waals surface area contributed by atoms with Crippen LogP contribution in [0, 0.1) is 10.1 Å². The lowest BCUT2D eigenvalue weighted by Crippen LogP contribution is -2.36. The summed E-state index contributed by atoms with van der Waals surface area (Å²) in [7, 11) is 0. The molecule has 0 aliphatic carbocycles. The molecule has 0 spiro atoms. The van der Waals surface area contributed by atoms with E-state index in [1.807, 2.05) is 6.92 Å². The fraction of sp³-hybridized carbons (Fsp3) is 0.500. The number of hydrogen-bond donors (Lipinski definition) is 1. The van der Waals surface area contributed by atoms with E-state index in [1.165, 1.54) is 6.07 Å². The van der Waals surface area contributed by atoms with Crippen molar-refractivity contribution in [3.05, 3.63) is 27.9 Å². The monoisotopic (exact) mass is 280 g/mol. The van der Waals surface area contributed by atoms with Gasteiger partial charge >= 0.3 is 0 Å². The first-order valence-electron chi connectivity index (χ1n) is 6.30. The summed E-state index contributed by atoms with van der Waals surface area (Å²) in [5.41, 5.74) is 5.16. The van der Waals surface area contributed by atoms with Gasteiger partial charge in [0.15, 0.2) is 0 Å². The molecule has 2 N–H and O–H groups in total. The zero-order valence-electron chi connectivity index (χ0n) is 11.1. The Morgan fingerprint density at radius 3 is 3.10 bits per heavy atom. The van der Waals surface area contributed by atoms with Crippen molar-refractivity contribution in [3.63, 3.8) is 0 Å². The summed E-state index contributed by atoms with van der Waals surface area (Å²) >= 11 is 0. The van der Waals surface area contributed by atoms with Crippen LogP contribution in [0.5, 0.6) is 0 Å². The molecule has 1 fully saturated rings. The van der Waals surface area contributed by atoms with E-state index in [4.69, 9.17) is 10.5 Å². The van der Waals surface area contributed by atoms with Crippen LogP contribution in [-0.2, 0) is 4.74 Å². The normalized spacial score (nSPS) is 19.4. The van der Waals surface area contributed by atoms with Gasteiger partial charge in [-0.15, -0.1) is 0 Å². The summed E-state index contributed by atoms with van der Waals surface area (Å²) in [4.78, 5) is 28.0. The minimum Gasteiger partial charge on any atom is -0.384 e. The van der Waals surface area contributed by atoms with Gasteiger partial charge in [0.05, 0.1) is 11.0 Å². The maximum Gasteiger partial charge on any atom is 0.300 e. The lowest BCUT2D eigenvalue weighted by molar-refractivity contribution is -0.385. The van der Waals surface area contributed by atoms with E-state index in [0.29, 0.717) is 26.1 Å². The summed E-state index contributed by atoms with van der Waals surface area (Å²) < 4.78 is 5.46. The van der Waals surface area contributed by atoms with Gasteiger partial charge in [-0.3, -0.25) is 14.9 Å². The van der Waals surface area contributed by atoms with Gasteiger partial charge < -0.3 is 15.4 Å². The van der Waals surface area contributed by atoms with Crippen LogP contribution in [0.4, 0.5) is 11.5 Å². The number of aromatic nitrogens is 1. The standard InChI is InChI=1S/C12H16N4O4/c1-8-7-15(3-2-4-20-8)12(17)9-5-11(13)14-6-10(9)16(18)19/h5-6,8H,2-4,7H2,1H3,(H2,13,14). The van der Waals surface area contributed by atoms with Crippen molar-refractivity contribution in [1.29, 1.82) is 0 Å². The first kappa shape index (κ1) is 14.2. The average molecular weight is 280 g/mol. The van der Waals surface area contributed by atoms with Crippen LogP contribution in [0.25, 0.3) is 0 Å². The van der Waals surface area contributed by atoms with E-state index in [2.05, 4.69) is 4.98 Å². The molecule has 0 aromatic carbocycles. The van der Waals surface area contributed by atoms with Gasteiger partial charge in [0.2, 0.25) is 0 Å². The molecule has 1 atom stereocenters. The third-order valence-electron chi connectivity index (χ3n) is 3.07. The Labute approximate surface area is 115 Å². The average Bonchev–Trinajstić information content (AvgIpc) is 2.62. The van der Waals surface area contributed by atoms with E-state index in [0.717, 1.165) is 6.20 Å². The first-order valence-corrected chi connectivity index (χ1v) is 6.30. The molecular weight excluding hydrogens is 264 g/mol. The second kappa shape index (κ2) is 5.83. The maximum absolute atomic E-state index is 12.5. The van der Waals surface area contributed by atoms with Crippen molar-refractivity contribution >= 4 is 17.4 Å². The molecule has 1 unspecified atom stereocenters. The molecule has 1 aromatic rings. The van der Waals surface area contributed by atoms with Gasteiger partial charge in [0.1, 0.15) is 17.6 Å². The van der Waals surface area contributed by atoms with Gasteiger partial charge in [-0.2, -0.15) is 0 Å². The molecule has 8 nitrogen and oxygen atoms in total. The molecule has 108 valence electrons. The fourth-order valence-electron chi connectivity index (χ4n) is 2.13. The second-order valence-electron chi connectivity index (χ2n) is 4.67. The van der Waals surface area contributed by atoms with Crippen molar-refractivity contribution < 1.29 is 14.5 Å². The van der Waals surface area contributed by atoms with Crippen LogP contribution < -0.4 is 5.73 Å². The Morgan fingerprint density at radius 2 is 2.40 bits per heavy atom. The first-order chi connectivity index (χ1) is 9.49. The Hall–Kier alpha value is -2.22. The zero-order valence-corrected chi connectivity index (χ0v) is 11.1. The molecule has 1 aliphatic rings. The predicted molar refractivity (Wildman–Crippen MR) is 71.2 cm³/mol. The Bertz CT molecular complexity index is 534. The summed E-state index contributed by atoms with van der Waals surface area (Å²) in [6.45, 7) is 3.34. The number of nitro groups is 1. The number of amides is 1. The fourth-order valence-corrected chi connectivity index (χ4v) is 2.13. The third kappa shape index (κ3) is 3.02. The summed E-state index contributed by atoms with van der Waals surface area (Å²) in [5.74, 6) is -0.332. The van der Waals surface area contributed by atoms with E-state index in [9.17, 15) is 14.9 Å². The van der Waals surface area contributed by atoms with Gasteiger partial charge in [-0.1, -0.05) is 0 Å². The Balaban J connectivity index is 2.32. The molecule has 2 heterocycles. The Kier molecular flexibility index (Phi) is 4.14. The highest BCUT2D eigenvalue weighted by molar-refractivity contribution is 5.98. The van der Waals surface area contributed by atoms with Crippen LogP contribution in [0.2, 0.25) is 0 Å². The molecule has 0 saturated carbocycles. The molecule has 1 aromatic heterocycles. The number of rotatable bonds is 2. The van der Waals surface area contributed by atoms with Gasteiger partial charge in [0.25, 0.3) is 11.6 Å². The molecule has 2 rings (SSSR count). The highest BCUT2D eigenvalue weighted by atomic mass is 16.6. The number of nitrogen functional groups attached to an aromatic ring is 1. The van der Waals surface area contributed by atoms with E-state index in [-0.39, 0.29) is 23.2 Å². The molecule has 8 heteroatoms. The second-order valence-corrected chi connectivity index (χ2v) is 4.67. The van der Waals surface area contributed by atoms with Gasteiger partial charge in [0, 0.05) is 19.7 Å². The van der Waals surface area contributed by atoms with Crippen molar-refractivity contribution in [2.24, 2.45) is 0 Å². The summed E-state index contributed by atoms with van der Waals surface area (Å²) in [6, 6.07) is 1.25. The summed E-state index contributed by atoms with van der Waals surface area (Å²) in [5, 5.41) is 11.0. The van der Waals surface area contributed by atoms with Gasteiger partial charge in [-0.25, -0.2) is 4.98 Å². The number of anilines is 1. The van der Waals surface area contributed by atoms with Crippen molar-refractivity contribution in [1.82, 2.24) is 9.88 Å².